The van der Waals surface area contributed by atoms with Gasteiger partial charge in [0.15, 0.2) is 0 Å². The summed E-state index contributed by atoms with van der Waals surface area (Å²) in [6, 6.07) is 3.55. The Hall–Kier alpha value is -0.0800. The van der Waals surface area contributed by atoms with Crippen LogP contribution in [0.5, 0.6) is 0 Å². The maximum absolute atomic E-state index is 3.81. The van der Waals surface area contributed by atoms with Gasteiger partial charge in [-0.25, -0.2) is 0 Å². The van der Waals surface area contributed by atoms with E-state index in [1.807, 2.05) is 0 Å². The lowest BCUT2D eigenvalue weighted by Crippen LogP contribution is -2.59. The van der Waals surface area contributed by atoms with Crippen molar-refractivity contribution < 1.29 is 0 Å². The highest BCUT2D eigenvalue weighted by Gasteiger charge is 2.41. The molecule has 0 aromatic heterocycles. The second kappa shape index (κ2) is 7.26. The van der Waals surface area contributed by atoms with E-state index in [0.717, 1.165) is 24.2 Å². The van der Waals surface area contributed by atoms with Crippen LogP contribution in [0.4, 0.5) is 0 Å². The third-order valence-corrected chi connectivity index (χ3v) is 5.96. The minimum absolute atomic E-state index is 0.812. The van der Waals surface area contributed by atoms with Crippen LogP contribution in [0.15, 0.2) is 0 Å². The number of nitrogens with one attached hydrogen (secondary N) is 1. The third kappa shape index (κ3) is 3.39. The van der Waals surface area contributed by atoms with E-state index in [2.05, 4.69) is 17.1 Å². The topological polar surface area (TPSA) is 15.3 Å². The molecule has 2 heteroatoms. The molecule has 2 aliphatic heterocycles. The first-order chi connectivity index (χ1) is 9.88. The first kappa shape index (κ1) is 14.8. The highest BCUT2D eigenvalue weighted by Crippen LogP contribution is 2.38. The van der Waals surface area contributed by atoms with E-state index in [1.165, 1.54) is 83.6 Å². The van der Waals surface area contributed by atoms with Crippen molar-refractivity contribution >= 4 is 0 Å². The maximum atomic E-state index is 3.81. The Morgan fingerprint density at radius 2 is 1.40 bits per heavy atom. The van der Waals surface area contributed by atoms with E-state index in [-0.39, 0.29) is 0 Å². The summed E-state index contributed by atoms with van der Waals surface area (Å²) >= 11 is 0. The van der Waals surface area contributed by atoms with Crippen LogP contribution in [0.3, 0.4) is 0 Å². The van der Waals surface area contributed by atoms with Crippen LogP contribution in [0.25, 0.3) is 0 Å². The van der Waals surface area contributed by atoms with Gasteiger partial charge in [0.05, 0.1) is 0 Å². The largest absolute Gasteiger partial charge is 0.314 e. The zero-order valence-corrected chi connectivity index (χ0v) is 13.4. The lowest BCUT2D eigenvalue weighted by Gasteiger charge is -2.52. The lowest BCUT2D eigenvalue weighted by molar-refractivity contribution is -0.0154. The molecule has 0 radical (unpaired) electrons. The molecule has 2 atom stereocenters. The Bertz CT molecular complexity index is 269. The van der Waals surface area contributed by atoms with Gasteiger partial charge in [-0.1, -0.05) is 39.0 Å². The second-order valence-electron chi connectivity index (χ2n) is 7.45. The van der Waals surface area contributed by atoms with Gasteiger partial charge in [-0.2, -0.15) is 0 Å². The first-order valence-corrected chi connectivity index (χ1v) is 9.39. The van der Waals surface area contributed by atoms with Crippen molar-refractivity contribution in [1.29, 1.82) is 0 Å². The molecule has 20 heavy (non-hydrogen) atoms. The fourth-order valence-corrected chi connectivity index (χ4v) is 5.08. The molecule has 2 heterocycles. The van der Waals surface area contributed by atoms with Crippen LogP contribution >= 0.6 is 0 Å². The van der Waals surface area contributed by atoms with Gasteiger partial charge in [0.2, 0.25) is 0 Å². The number of rotatable bonds is 4. The molecule has 0 amide bonds. The van der Waals surface area contributed by atoms with Gasteiger partial charge < -0.3 is 5.32 Å². The molecule has 1 aliphatic carbocycles. The maximum Gasteiger partial charge on any atom is 0.0116 e. The molecule has 3 aliphatic rings. The molecule has 3 fully saturated rings. The Morgan fingerprint density at radius 3 is 2.00 bits per heavy atom. The normalized spacial score (nSPS) is 36.8. The predicted octanol–water partition coefficient (Wildman–Crippen LogP) is 4.09. The number of hydrogen-bond acceptors (Lipinski definition) is 2. The van der Waals surface area contributed by atoms with Gasteiger partial charge in [0, 0.05) is 24.2 Å². The zero-order valence-electron chi connectivity index (χ0n) is 13.4. The summed E-state index contributed by atoms with van der Waals surface area (Å²) in [4.78, 5) is 3.01. The highest BCUT2D eigenvalue weighted by atomic mass is 15.2. The number of piperidine rings is 2. The Morgan fingerprint density at radius 1 is 0.800 bits per heavy atom. The molecule has 2 saturated heterocycles. The average molecular weight is 278 g/mol. The SMILES string of the molecule is CCCNC1CC2CCCC(C1)N2C1CCCCCC1. The molecule has 116 valence electrons. The van der Waals surface area contributed by atoms with Gasteiger partial charge in [-0.15, -0.1) is 0 Å². The van der Waals surface area contributed by atoms with Crippen LogP contribution < -0.4 is 5.32 Å². The summed E-state index contributed by atoms with van der Waals surface area (Å²) in [7, 11) is 0. The molecule has 2 unspecified atom stereocenters. The van der Waals surface area contributed by atoms with Gasteiger partial charge in [-0.3, -0.25) is 4.90 Å². The van der Waals surface area contributed by atoms with Crippen molar-refractivity contribution in [3.63, 3.8) is 0 Å². The van der Waals surface area contributed by atoms with Crippen LogP contribution in [0, 0.1) is 0 Å². The van der Waals surface area contributed by atoms with E-state index in [9.17, 15) is 0 Å². The summed E-state index contributed by atoms with van der Waals surface area (Å²) in [5, 5.41) is 3.81. The fourth-order valence-electron chi connectivity index (χ4n) is 5.08. The quantitative estimate of drug-likeness (QED) is 0.779. The number of hydrogen-bond donors (Lipinski definition) is 1. The van der Waals surface area contributed by atoms with Crippen molar-refractivity contribution in [2.24, 2.45) is 0 Å². The van der Waals surface area contributed by atoms with Crippen LogP contribution in [0.2, 0.25) is 0 Å². The van der Waals surface area contributed by atoms with E-state index < -0.39 is 0 Å². The predicted molar refractivity (Wildman–Crippen MR) is 86.1 cm³/mol. The molecule has 0 aromatic carbocycles. The molecule has 3 rings (SSSR count). The summed E-state index contributed by atoms with van der Waals surface area (Å²) < 4.78 is 0. The summed E-state index contributed by atoms with van der Waals surface area (Å²) in [5.74, 6) is 0. The number of nitrogens with zero attached hydrogens (tertiary/aromatic N) is 1. The van der Waals surface area contributed by atoms with Gasteiger partial charge in [-0.05, 0) is 51.5 Å². The third-order valence-electron chi connectivity index (χ3n) is 5.96. The second-order valence-corrected chi connectivity index (χ2v) is 7.45. The molecule has 0 spiro atoms. The van der Waals surface area contributed by atoms with Crippen molar-refractivity contribution in [2.45, 2.75) is 108 Å². The van der Waals surface area contributed by atoms with E-state index in [1.54, 1.807) is 0 Å². The minimum Gasteiger partial charge on any atom is -0.314 e. The van der Waals surface area contributed by atoms with Crippen molar-refractivity contribution in [3.8, 4) is 0 Å². The first-order valence-electron chi connectivity index (χ1n) is 9.39. The van der Waals surface area contributed by atoms with Crippen molar-refractivity contribution in [2.75, 3.05) is 6.54 Å². The Labute approximate surface area is 125 Å². The zero-order chi connectivity index (χ0) is 13.8. The summed E-state index contributed by atoms with van der Waals surface area (Å²) in [5.41, 5.74) is 0. The van der Waals surface area contributed by atoms with Gasteiger partial charge >= 0.3 is 0 Å². The summed E-state index contributed by atoms with van der Waals surface area (Å²) in [6.45, 7) is 3.50. The van der Waals surface area contributed by atoms with Crippen molar-refractivity contribution in [3.05, 3.63) is 0 Å². The van der Waals surface area contributed by atoms with E-state index >= 15 is 0 Å². The highest BCUT2D eigenvalue weighted by molar-refractivity contribution is 4.98. The van der Waals surface area contributed by atoms with Crippen LogP contribution in [-0.2, 0) is 0 Å². The van der Waals surface area contributed by atoms with Crippen LogP contribution in [-0.4, -0.2) is 35.6 Å². The molecule has 2 bridgehead atoms. The Balaban J connectivity index is 1.63. The van der Waals surface area contributed by atoms with Gasteiger partial charge in [0.1, 0.15) is 0 Å². The van der Waals surface area contributed by atoms with Crippen molar-refractivity contribution in [1.82, 2.24) is 10.2 Å². The molecular weight excluding hydrogens is 244 g/mol. The molecule has 1 N–H and O–H groups in total. The monoisotopic (exact) mass is 278 g/mol. The van der Waals surface area contributed by atoms with Gasteiger partial charge in [0.25, 0.3) is 0 Å². The molecule has 0 aromatic rings. The van der Waals surface area contributed by atoms with Crippen LogP contribution in [0.1, 0.15) is 84.0 Å². The fraction of sp³-hybridized carbons (Fsp3) is 1.00. The molecule has 1 saturated carbocycles. The number of fused-ring (bicyclic) bond motifs is 2. The molecular formula is C18H34N2. The lowest BCUT2D eigenvalue weighted by atomic mass is 9.79. The average Bonchev–Trinajstić information content (AvgIpc) is 2.73. The smallest absolute Gasteiger partial charge is 0.0116 e. The Kier molecular flexibility index (Phi) is 5.39. The van der Waals surface area contributed by atoms with E-state index in [4.69, 9.17) is 0 Å². The standard InChI is InChI=1S/C18H34N2/c1-2-12-19-15-13-17-10-7-11-18(14-15)20(17)16-8-5-3-4-6-9-16/h15-19H,2-14H2,1H3. The van der Waals surface area contributed by atoms with E-state index in [0.29, 0.717) is 0 Å². The minimum atomic E-state index is 0.812. The summed E-state index contributed by atoms with van der Waals surface area (Å²) in [6.07, 6.45) is 17.5. The molecule has 2 nitrogen and oxygen atoms in total.